The molecule has 0 radical (unpaired) electrons. The molecular weight excluding hydrogens is 323 g/mol. The molecule has 0 saturated heterocycles. The highest BCUT2D eigenvalue weighted by molar-refractivity contribution is 6.04. The van der Waals surface area contributed by atoms with Crippen molar-refractivity contribution in [3.05, 3.63) is 72.3 Å². The van der Waals surface area contributed by atoms with E-state index in [0.717, 1.165) is 0 Å². The molecule has 0 bridgehead atoms. The minimum atomic E-state index is -0.413. The molecule has 0 aliphatic carbocycles. The standard InChI is InChI=1S/C18H15FN4O2/c1-25-16-9-5-4-8-15(16)22-17(24)12-10-20-18(21-11-12)23-14-7-3-2-6-13(14)19/h2-11H,1H3,(H,22,24)(H,20,21,23). The van der Waals surface area contributed by atoms with Crippen LogP contribution in [0.5, 0.6) is 5.75 Å². The molecule has 126 valence electrons. The summed E-state index contributed by atoms with van der Waals surface area (Å²) < 4.78 is 18.8. The van der Waals surface area contributed by atoms with E-state index in [1.165, 1.54) is 25.6 Å². The number of ether oxygens (including phenoxy) is 1. The molecule has 0 saturated carbocycles. The molecule has 3 aromatic rings. The van der Waals surface area contributed by atoms with Crippen molar-refractivity contribution < 1.29 is 13.9 Å². The van der Waals surface area contributed by atoms with E-state index in [2.05, 4.69) is 20.6 Å². The third kappa shape index (κ3) is 3.89. The Bertz CT molecular complexity index is 884. The zero-order valence-electron chi connectivity index (χ0n) is 13.4. The van der Waals surface area contributed by atoms with Crippen molar-refractivity contribution in [2.75, 3.05) is 17.7 Å². The summed E-state index contributed by atoms with van der Waals surface area (Å²) >= 11 is 0. The molecule has 25 heavy (non-hydrogen) atoms. The number of amides is 1. The highest BCUT2D eigenvalue weighted by Gasteiger charge is 2.11. The molecule has 0 aliphatic heterocycles. The predicted octanol–water partition coefficient (Wildman–Crippen LogP) is 3.62. The van der Waals surface area contributed by atoms with Crippen molar-refractivity contribution in [1.82, 2.24) is 9.97 Å². The van der Waals surface area contributed by atoms with E-state index in [9.17, 15) is 9.18 Å². The molecule has 6 nitrogen and oxygen atoms in total. The molecule has 2 aromatic carbocycles. The smallest absolute Gasteiger partial charge is 0.258 e. The van der Waals surface area contributed by atoms with E-state index in [0.29, 0.717) is 11.4 Å². The first-order valence-corrected chi connectivity index (χ1v) is 7.45. The molecule has 3 rings (SSSR count). The zero-order chi connectivity index (χ0) is 17.6. The molecule has 0 aliphatic rings. The van der Waals surface area contributed by atoms with Crippen LogP contribution in [0.15, 0.2) is 60.9 Å². The van der Waals surface area contributed by atoms with E-state index in [-0.39, 0.29) is 23.1 Å². The average molecular weight is 338 g/mol. The van der Waals surface area contributed by atoms with Crippen LogP contribution in [0.4, 0.5) is 21.7 Å². The number of carbonyl (C=O) groups is 1. The topological polar surface area (TPSA) is 76.1 Å². The molecule has 1 amide bonds. The first kappa shape index (κ1) is 16.4. The fourth-order valence-electron chi connectivity index (χ4n) is 2.14. The van der Waals surface area contributed by atoms with Crippen LogP contribution in [0.2, 0.25) is 0 Å². The number of anilines is 3. The van der Waals surface area contributed by atoms with Crippen LogP contribution >= 0.6 is 0 Å². The van der Waals surface area contributed by atoms with E-state index in [4.69, 9.17) is 4.74 Å². The van der Waals surface area contributed by atoms with Crippen LogP contribution in [0, 0.1) is 5.82 Å². The number of hydrogen-bond donors (Lipinski definition) is 2. The maximum atomic E-state index is 13.6. The Hall–Kier alpha value is -3.48. The lowest BCUT2D eigenvalue weighted by molar-refractivity contribution is 0.102. The van der Waals surface area contributed by atoms with Crippen molar-refractivity contribution >= 4 is 23.2 Å². The van der Waals surface area contributed by atoms with Crippen molar-refractivity contribution in [1.29, 1.82) is 0 Å². The number of carbonyl (C=O) groups excluding carboxylic acids is 1. The van der Waals surface area contributed by atoms with E-state index in [1.807, 2.05) is 0 Å². The van der Waals surface area contributed by atoms with E-state index in [1.54, 1.807) is 42.5 Å². The summed E-state index contributed by atoms with van der Waals surface area (Å²) in [6.07, 6.45) is 2.72. The lowest BCUT2D eigenvalue weighted by Gasteiger charge is -2.10. The summed E-state index contributed by atoms with van der Waals surface area (Å²) in [5, 5.41) is 5.49. The van der Waals surface area contributed by atoms with Crippen LogP contribution in [-0.4, -0.2) is 23.0 Å². The van der Waals surface area contributed by atoms with Gasteiger partial charge in [0.05, 0.1) is 24.0 Å². The van der Waals surface area contributed by atoms with Gasteiger partial charge in [0.15, 0.2) is 0 Å². The van der Waals surface area contributed by atoms with Gasteiger partial charge in [-0.05, 0) is 24.3 Å². The summed E-state index contributed by atoms with van der Waals surface area (Å²) in [5.74, 6) is -0.0421. The van der Waals surface area contributed by atoms with Gasteiger partial charge in [0.1, 0.15) is 11.6 Å². The molecule has 0 fully saturated rings. The first-order valence-electron chi connectivity index (χ1n) is 7.45. The third-order valence-electron chi connectivity index (χ3n) is 3.39. The quantitative estimate of drug-likeness (QED) is 0.743. The molecular formula is C18H15FN4O2. The highest BCUT2D eigenvalue weighted by atomic mass is 19.1. The summed E-state index contributed by atoms with van der Waals surface area (Å²) in [4.78, 5) is 20.4. The molecule has 0 atom stereocenters. The normalized spacial score (nSPS) is 10.2. The predicted molar refractivity (Wildman–Crippen MR) is 92.7 cm³/mol. The monoisotopic (exact) mass is 338 g/mol. The number of nitrogens with zero attached hydrogens (tertiary/aromatic N) is 2. The van der Waals surface area contributed by atoms with Gasteiger partial charge in [0.25, 0.3) is 5.91 Å². The SMILES string of the molecule is COc1ccccc1NC(=O)c1cnc(Nc2ccccc2F)nc1. The van der Waals surface area contributed by atoms with Crippen LogP contribution in [0.3, 0.4) is 0 Å². The first-order chi connectivity index (χ1) is 12.2. The van der Waals surface area contributed by atoms with E-state index >= 15 is 0 Å². The van der Waals surface area contributed by atoms with Crippen molar-refractivity contribution in [3.63, 3.8) is 0 Å². The van der Waals surface area contributed by atoms with Gasteiger partial charge in [0, 0.05) is 12.4 Å². The van der Waals surface area contributed by atoms with Crippen molar-refractivity contribution in [2.45, 2.75) is 0 Å². The van der Waals surface area contributed by atoms with E-state index < -0.39 is 5.82 Å². The second-order valence-corrected chi connectivity index (χ2v) is 5.05. The van der Waals surface area contributed by atoms with Gasteiger partial charge in [0.2, 0.25) is 5.95 Å². The molecule has 0 unspecified atom stereocenters. The zero-order valence-corrected chi connectivity index (χ0v) is 13.4. The lowest BCUT2D eigenvalue weighted by atomic mass is 10.2. The van der Waals surface area contributed by atoms with Crippen LogP contribution < -0.4 is 15.4 Å². The maximum Gasteiger partial charge on any atom is 0.258 e. The summed E-state index contributed by atoms with van der Waals surface area (Å²) in [5.41, 5.74) is 1.07. The van der Waals surface area contributed by atoms with Gasteiger partial charge in [-0.2, -0.15) is 0 Å². The molecule has 2 N–H and O–H groups in total. The van der Waals surface area contributed by atoms with Gasteiger partial charge < -0.3 is 15.4 Å². The highest BCUT2D eigenvalue weighted by Crippen LogP contribution is 2.23. The molecule has 1 aromatic heterocycles. The second kappa shape index (κ2) is 7.39. The number of nitrogens with one attached hydrogen (secondary N) is 2. The summed E-state index contributed by atoms with van der Waals surface area (Å²) in [6.45, 7) is 0. The van der Waals surface area contributed by atoms with Crippen LogP contribution in [-0.2, 0) is 0 Å². The number of halogens is 1. The van der Waals surface area contributed by atoms with Crippen LogP contribution in [0.1, 0.15) is 10.4 Å². The van der Waals surface area contributed by atoms with Crippen molar-refractivity contribution in [2.24, 2.45) is 0 Å². The summed E-state index contributed by atoms with van der Waals surface area (Å²) in [6, 6.07) is 13.3. The number of rotatable bonds is 5. The molecule has 0 spiro atoms. The maximum absolute atomic E-state index is 13.6. The number of benzene rings is 2. The Morgan fingerprint density at radius 3 is 2.32 bits per heavy atom. The Kier molecular flexibility index (Phi) is 4.84. The lowest BCUT2D eigenvalue weighted by Crippen LogP contribution is -2.13. The Morgan fingerprint density at radius 1 is 1.00 bits per heavy atom. The fourth-order valence-corrected chi connectivity index (χ4v) is 2.14. The van der Waals surface area contributed by atoms with Gasteiger partial charge >= 0.3 is 0 Å². The Labute approximate surface area is 143 Å². The Balaban J connectivity index is 1.71. The van der Waals surface area contributed by atoms with Gasteiger partial charge in [-0.15, -0.1) is 0 Å². The average Bonchev–Trinajstić information content (AvgIpc) is 2.64. The van der Waals surface area contributed by atoms with Gasteiger partial charge in [-0.1, -0.05) is 24.3 Å². The van der Waals surface area contributed by atoms with Crippen LogP contribution in [0.25, 0.3) is 0 Å². The number of methoxy groups -OCH3 is 1. The van der Waals surface area contributed by atoms with Gasteiger partial charge in [-0.3, -0.25) is 4.79 Å². The number of para-hydroxylation sites is 3. The third-order valence-corrected chi connectivity index (χ3v) is 3.39. The summed E-state index contributed by atoms with van der Waals surface area (Å²) in [7, 11) is 1.53. The van der Waals surface area contributed by atoms with Gasteiger partial charge in [-0.25, -0.2) is 14.4 Å². The van der Waals surface area contributed by atoms with Crippen molar-refractivity contribution in [3.8, 4) is 5.75 Å². The molecule has 7 heteroatoms. The number of aromatic nitrogens is 2. The fraction of sp³-hybridized carbons (Fsp3) is 0.0556. The Morgan fingerprint density at radius 2 is 1.64 bits per heavy atom. The minimum absolute atomic E-state index is 0.193. The minimum Gasteiger partial charge on any atom is -0.495 e. The molecule has 1 heterocycles. The largest absolute Gasteiger partial charge is 0.495 e. The second-order valence-electron chi connectivity index (χ2n) is 5.05. The number of hydrogen-bond acceptors (Lipinski definition) is 5.